The second-order valence-electron chi connectivity index (χ2n) is 6.55. The minimum Gasteiger partial charge on any atom is -0.379 e. The Bertz CT molecular complexity index is 632. The van der Waals surface area contributed by atoms with E-state index in [0.29, 0.717) is 12.5 Å². The van der Waals surface area contributed by atoms with E-state index in [4.69, 9.17) is 4.74 Å². The van der Waals surface area contributed by atoms with Crippen LogP contribution in [0, 0.1) is 24.2 Å². The number of benzene rings is 1. The summed E-state index contributed by atoms with van der Waals surface area (Å²) in [7, 11) is 0. The first-order valence-electron chi connectivity index (χ1n) is 8.22. The number of rotatable bonds is 4. The van der Waals surface area contributed by atoms with Crippen molar-refractivity contribution in [2.75, 3.05) is 39.4 Å². The van der Waals surface area contributed by atoms with Gasteiger partial charge >= 0.3 is 0 Å². The van der Waals surface area contributed by atoms with Crippen LogP contribution in [-0.4, -0.2) is 55.1 Å². The summed E-state index contributed by atoms with van der Waals surface area (Å²) in [6.07, 6.45) is 0. The number of carbonyl (C=O) groups excluding carboxylic acids is 1. The van der Waals surface area contributed by atoms with Crippen LogP contribution in [0.5, 0.6) is 0 Å². The van der Waals surface area contributed by atoms with Gasteiger partial charge in [-0.05, 0) is 18.4 Å². The number of fused-ring (bicyclic) bond motifs is 1. The van der Waals surface area contributed by atoms with Gasteiger partial charge in [-0.1, -0.05) is 25.1 Å². The predicted octanol–water partition coefficient (Wildman–Crippen LogP) is 1.98. The van der Waals surface area contributed by atoms with Gasteiger partial charge in [-0.3, -0.25) is 9.69 Å². The molecule has 0 aromatic heterocycles. The largest absolute Gasteiger partial charge is 0.379 e. The van der Waals surface area contributed by atoms with E-state index in [1.54, 1.807) is 4.90 Å². The summed E-state index contributed by atoms with van der Waals surface area (Å²) in [5.74, 6) is 0.320. The topological polar surface area (TPSA) is 56.6 Å². The Morgan fingerprint density at radius 2 is 2.09 bits per heavy atom. The molecule has 0 saturated carbocycles. The molecule has 1 aromatic rings. The van der Waals surface area contributed by atoms with Crippen molar-refractivity contribution in [3.05, 3.63) is 34.9 Å². The minimum absolute atomic E-state index is 0.00141. The van der Waals surface area contributed by atoms with E-state index in [-0.39, 0.29) is 5.91 Å². The third-order valence-electron chi connectivity index (χ3n) is 4.69. The third kappa shape index (κ3) is 3.10. The van der Waals surface area contributed by atoms with E-state index >= 15 is 0 Å². The zero-order valence-corrected chi connectivity index (χ0v) is 13.8. The quantitative estimate of drug-likeness (QED) is 0.853. The van der Waals surface area contributed by atoms with Crippen LogP contribution >= 0.6 is 0 Å². The summed E-state index contributed by atoms with van der Waals surface area (Å²) < 4.78 is 5.37. The number of hydrogen-bond acceptors (Lipinski definition) is 4. The fourth-order valence-corrected chi connectivity index (χ4v) is 3.58. The molecule has 1 fully saturated rings. The second kappa shape index (κ2) is 6.69. The number of morpholine rings is 1. The Balaban J connectivity index is 1.71. The summed E-state index contributed by atoms with van der Waals surface area (Å²) >= 11 is 0. The summed E-state index contributed by atoms with van der Waals surface area (Å²) in [5.41, 5.74) is 2.53. The highest BCUT2D eigenvalue weighted by Gasteiger charge is 2.38. The lowest BCUT2D eigenvalue weighted by molar-refractivity contribution is 0.0282. The van der Waals surface area contributed by atoms with E-state index in [2.05, 4.69) is 17.9 Å². The van der Waals surface area contributed by atoms with Gasteiger partial charge in [0.2, 0.25) is 0 Å². The van der Waals surface area contributed by atoms with E-state index < -0.39 is 6.04 Å². The monoisotopic (exact) mass is 313 g/mol. The van der Waals surface area contributed by atoms with Crippen molar-refractivity contribution in [1.29, 1.82) is 5.26 Å². The summed E-state index contributed by atoms with van der Waals surface area (Å²) in [5, 5.41) is 9.56. The van der Waals surface area contributed by atoms with Gasteiger partial charge in [0.1, 0.15) is 6.04 Å². The molecule has 0 spiro atoms. The molecular weight excluding hydrogens is 290 g/mol. The van der Waals surface area contributed by atoms with Crippen LogP contribution in [0.4, 0.5) is 0 Å². The predicted molar refractivity (Wildman–Crippen MR) is 87.0 cm³/mol. The molecular formula is C18H23N3O2. The van der Waals surface area contributed by atoms with E-state index in [1.807, 2.05) is 25.1 Å². The van der Waals surface area contributed by atoms with Crippen molar-refractivity contribution in [1.82, 2.24) is 9.80 Å². The molecule has 0 N–H and O–H groups in total. The van der Waals surface area contributed by atoms with Crippen LogP contribution in [0.2, 0.25) is 0 Å². The number of hydrogen-bond donors (Lipinski definition) is 0. The average molecular weight is 313 g/mol. The Hall–Kier alpha value is -1.90. The summed E-state index contributed by atoms with van der Waals surface area (Å²) in [4.78, 5) is 16.9. The Labute approximate surface area is 137 Å². The Morgan fingerprint density at radius 1 is 1.35 bits per heavy atom. The molecule has 2 aliphatic rings. The summed E-state index contributed by atoms with van der Waals surface area (Å²) in [6.45, 7) is 9.07. The lowest BCUT2D eigenvalue weighted by atomic mass is 10.0. The first-order valence-corrected chi connectivity index (χ1v) is 8.22. The highest BCUT2D eigenvalue weighted by molar-refractivity contribution is 6.01. The van der Waals surface area contributed by atoms with Gasteiger partial charge in [-0.25, -0.2) is 0 Å². The van der Waals surface area contributed by atoms with Gasteiger partial charge in [0.15, 0.2) is 0 Å². The molecule has 2 aliphatic heterocycles. The molecule has 2 heterocycles. The standard InChI is InChI=1S/C18H23N3O2/c1-13(11-20-6-8-23-9-7-20)12-21-16(10-19)15-5-3-4-14(2)17(15)18(21)22/h3-5,13,16H,6-9,11-12H2,1-2H3. The molecule has 1 saturated heterocycles. The van der Waals surface area contributed by atoms with Crippen LogP contribution in [0.3, 0.4) is 0 Å². The smallest absolute Gasteiger partial charge is 0.255 e. The Morgan fingerprint density at radius 3 is 2.78 bits per heavy atom. The maximum Gasteiger partial charge on any atom is 0.255 e. The molecule has 0 aliphatic carbocycles. The van der Waals surface area contributed by atoms with Crippen molar-refractivity contribution in [2.24, 2.45) is 5.92 Å². The normalized spacial score (nSPS) is 22.7. The van der Waals surface area contributed by atoms with E-state index in [9.17, 15) is 10.1 Å². The number of ether oxygens (including phenoxy) is 1. The van der Waals surface area contributed by atoms with Crippen LogP contribution in [0.25, 0.3) is 0 Å². The number of aryl methyl sites for hydroxylation is 1. The SMILES string of the molecule is Cc1cccc2c1C(=O)N(CC(C)CN1CCOCC1)C2C#N. The van der Waals surface area contributed by atoms with Crippen LogP contribution in [0.15, 0.2) is 18.2 Å². The fraction of sp³-hybridized carbons (Fsp3) is 0.556. The summed E-state index contributed by atoms with van der Waals surface area (Å²) in [6, 6.07) is 7.62. The molecule has 23 heavy (non-hydrogen) atoms. The Kier molecular flexibility index (Phi) is 4.65. The van der Waals surface area contributed by atoms with Crippen molar-refractivity contribution in [3.63, 3.8) is 0 Å². The molecule has 2 unspecified atom stereocenters. The van der Waals surface area contributed by atoms with Crippen LogP contribution < -0.4 is 0 Å². The fourth-order valence-electron chi connectivity index (χ4n) is 3.58. The van der Waals surface area contributed by atoms with Crippen molar-refractivity contribution < 1.29 is 9.53 Å². The average Bonchev–Trinajstić information content (AvgIpc) is 2.81. The first-order chi connectivity index (χ1) is 11.1. The zero-order valence-electron chi connectivity index (χ0n) is 13.8. The molecule has 0 radical (unpaired) electrons. The molecule has 1 amide bonds. The van der Waals surface area contributed by atoms with Gasteiger partial charge in [0.05, 0.1) is 19.3 Å². The van der Waals surface area contributed by atoms with E-state index in [1.165, 1.54) is 0 Å². The highest BCUT2D eigenvalue weighted by atomic mass is 16.5. The molecule has 122 valence electrons. The lowest BCUT2D eigenvalue weighted by Crippen LogP contribution is -2.42. The number of nitriles is 1. The highest BCUT2D eigenvalue weighted by Crippen LogP contribution is 2.35. The lowest BCUT2D eigenvalue weighted by Gasteiger charge is -2.31. The number of amides is 1. The molecule has 1 aromatic carbocycles. The van der Waals surface area contributed by atoms with Gasteiger partial charge < -0.3 is 9.64 Å². The minimum atomic E-state index is -0.454. The maximum absolute atomic E-state index is 12.8. The van der Waals surface area contributed by atoms with Gasteiger partial charge in [-0.15, -0.1) is 0 Å². The third-order valence-corrected chi connectivity index (χ3v) is 4.69. The molecule has 5 heteroatoms. The van der Waals surface area contributed by atoms with Crippen LogP contribution in [-0.2, 0) is 4.74 Å². The van der Waals surface area contributed by atoms with Crippen LogP contribution in [0.1, 0.15) is 34.5 Å². The molecule has 3 rings (SSSR count). The van der Waals surface area contributed by atoms with E-state index in [0.717, 1.165) is 49.5 Å². The molecule has 2 atom stereocenters. The van der Waals surface area contributed by atoms with Gasteiger partial charge in [0, 0.05) is 37.3 Å². The van der Waals surface area contributed by atoms with Crippen molar-refractivity contribution in [3.8, 4) is 6.07 Å². The molecule has 0 bridgehead atoms. The zero-order chi connectivity index (χ0) is 16.4. The van der Waals surface area contributed by atoms with Gasteiger partial charge in [0.25, 0.3) is 5.91 Å². The van der Waals surface area contributed by atoms with Gasteiger partial charge in [-0.2, -0.15) is 5.26 Å². The number of carbonyl (C=O) groups is 1. The number of nitrogens with zero attached hydrogens (tertiary/aromatic N) is 3. The maximum atomic E-state index is 12.8. The molecule has 5 nitrogen and oxygen atoms in total. The van der Waals surface area contributed by atoms with Crippen molar-refractivity contribution >= 4 is 5.91 Å². The van der Waals surface area contributed by atoms with Crippen molar-refractivity contribution in [2.45, 2.75) is 19.9 Å². The second-order valence-corrected chi connectivity index (χ2v) is 6.55. The first kappa shape index (κ1) is 16.0.